The summed E-state index contributed by atoms with van der Waals surface area (Å²) in [5.74, 6) is -0.706. The Balaban J connectivity index is 3.83. The quantitative estimate of drug-likeness (QED) is 0.709. The second-order valence-corrected chi connectivity index (χ2v) is 3.28. The molecule has 0 heterocycles. The van der Waals surface area contributed by atoms with Gasteiger partial charge in [-0.05, 0) is 6.92 Å². The van der Waals surface area contributed by atoms with Crippen LogP contribution in [-0.2, 0) is 4.79 Å². The first-order chi connectivity index (χ1) is 6.22. The highest BCUT2D eigenvalue weighted by molar-refractivity contribution is 7.80. The van der Waals surface area contributed by atoms with E-state index >= 15 is 0 Å². The number of amides is 1. The highest BCUT2D eigenvalue weighted by Crippen LogP contribution is 2.20. The molecular formula is C7H11F3N2OS. The molecule has 0 aromatic rings. The smallest absolute Gasteiger partial charge is 0.389 e. The van der Waals surface area contributed by atoms with Crippen LogP contribution in [0.25, 0.3) is 0 Å². The van der Waals surface area contributed by atoms with Gasteiger partial charge in [0.05, 0.1) is 17.5 Å². The lowest BCUT2D eigenvalue weighted by Gasteiger charge is -2.12. The molecule has 1 atom stereocenters. The number of rotatable bonds is 4. The molecule has 0 radical (unpaired) electrons. The lowest BCUT2D eigenvalue weighted by atomic mass is 10.2. The van der Waals surface area contributed by atoms with Crippen molar-refractivity contribution in [2.24, 2.45) is 5.73 Å². The highest BCUT2D eigenvalue weighted by Gasteiger charge is 2.28. The summed E-state index contributed by atoms with van der Waals surface area (Å²) in [5, 5.41) is 2.25. The maximum Gasteiger partial charge on any atom is 0.389 e. The molecule has 0 aliphatic heterocycles. The molecule has 0 aromatic heterocycles. The van der Waals surface area contributed by atoms with Crippen molar-refractivity contribution in [3.63, 3.8) is 0 Å². The van der Waals surface area contributed by atoms with Crippen LogP contribution < -0.4 is 11.1 Å². The maximum atomic E-state index is 11.7. The molecule has 3 nitrogen and oxygen atoms in total. The van der Waals surface area contributed by atoms with Crippen LogP contribution in [0.3, 0.4) is 0 Å². The minimum Gasteiger partial charge on any atom is -0.392 e. The fraction of sp³-hybridized carbons (Fsp3) is 0.714. The van der Waals surface area contributed by atoms with Crippen molar-refractivity contribution >= 4 is 23.1 Å². The molecule has 0 aliphatic rings. The molecule has 0 rings (SSSR count). The van der Waals surface area contributed by atoms with Crippen molar-refractivity contribution in [3.05, 3.63) is 0 Å². The number of halogens is 3. The first kappa shape index (κ1) is 13.2. The van der Waals surface area contributed by atoms with E-state index in [2.05, 4.69) is 17.5 Å². The summed E-state index contributed by atoms with van der Waals surface area (Å²) < 4.78 is 35.0. The fourth-order valence-corrected chi connectivity index (χ4v) is 0.699. The number of hydrogen-bond acceptors (Lipinski definition) is 2. The first-order valence-electron chi connectivity index (χ1n) is 3.88. The second kappa shape index (κ2) is 5.14. The van der Waals surface area contributed by atoms with Gasteiger partial charge < -0.3 is 11.1 Å². The van der Waals surface area contributed by atoms with Gasteiger partial charge in [-0.2, -0.15) is 13.2 Å². The van der Waals surface area contributed by atoms with Crippen LogP contribution in [0.4, 0.5) is 13.2 Å². The van der Waals surface area contributed by atoms with E-state index in [1.807, 2.05) is 0 Å². The van der Waals surface area contributed by atoms with Gasteiger partial charge in [0.2, 0.25) is 5.91 Å². The third-order valence-corrected chi connectivity index (χ3v) is 1.79. The van der Waals surface area contributed by atoms with Gasteiger partial charge in [-0.15, -0.1) is 0 Å². The van der Waals surface area contributed by atoms with E-state index in [0.717, 1.165) is 0 Å². The Morgan fingerprint density at radius 2 is 2.07 bits per heavy atom. The van der Waals surface area contributed by atoms with Gasteiger partial charge in [-0.3, -0.25) is 4.79 Å². The zero-order chi connectivity index (χ0) is 11.4. The monoisotopic (exact) mass is 228 g/mol. The highest BCUT2D eigenvalue weighted by atomic mass is 32.1. The summed E-state index contributed by atoms with van der Waals surface area (Å²) in [7, 11) is 0. The predicted molar refractivity (Wildman–Crippen MR) is 49.7 cm³/mol. The first-order valence-corrected chi connectivity index (χ1v) is 4.28. The summed E-state index contributed by atoms with van der Waals surface area (Å²) in [6.45, 7) is 1.51. The zero-order valence-corrected chi connectivity index (χ0v) is 8.34. The van der Waals surface area contributed by atoms with E-state index in [1.165, 1.54) is 6.92 Å². The molecule has 0 bridgehead atoms. The summed E-state index contributed by atoms with van der Waals surface area (Å²) in [4.78, 5) is 10.9. The number of alkyl halides is 3. The van der Waals surface area contributed by atoms with Crippen molar-refractivity contribution < 1.29 is 18.0 Å². The predicted octanol–water partition coefficient (Wildman–Crippen LogP) is 1.12. The molecule has 1 amide bonds. The van der Waals surface area contributed by atoms with E-state index in [0.29, 0.717) is 0 Å². The third kappa shape index (κ3) is 6.64. The second-order valence-electron chi connectivity index (χ2n) is 2.81. The van der Waals surface area contributed by atoms with Crippen LogP contribution in [-0.4, -0.2) is 23.1 Å². The average Bonchev–Trinajstić information content (AvgIpc) is 1.99. The number of hydrogen-bond donors (Lipinski definition) is 2. The van der Waals surface area contributed by atoms with E-state index in [4.69, 9.17) is 5.73 Å². The van der Waals surface area contributed by atoms with E-state index in [-0.39, 0.29) is 4.99 Å². The van der Waals surface area contributed by atoms with Gasteiger partial charge in [0.1, 0.15) is 0 Å². The van der Waals surface area contributed by atoms with Crippen LogP contribution >= 0.6 is 12.2 Å². The van der Waals surface area contributed by atoms with Crippen LogP contribution in [0.1, 0.15) is 19.8 Å². The van der Waals surface area contributed by atoms with Crippen LogP contribution in [0, 0.1) is 0 Å². The fourth-order valence-electron chi connectivity index (χ4n) is 0.640. The minimum absolute atomic E-state index is 0.0466. The van der Waals surface area contributed by atoms with Crippen LogP contribution in [0.15, 0.2) is 0 Å². The van der Waals surface area contributed by atoms with Gasteiger partial charge >= 0.3 is 6.18 Å². The number of carbonyl (C=O) groups excluding carboxylic acids is 1. The Labute approximate surface area is 84.8 Å². The Kier molecular flexibility index (Phi) is 4.82. The van der Waals surface area contributed by atoms with Gasteiger partial charge in [0.15, 0.2) is 0 Å². The molecule has 14 heavy (non-hydrogen) atoms. The molecule has 0 aromatic carbocycles. The number of nitrogens with two attached hydrogens (primary N) is 1. The number of thiocarbonyl (C=S) groups is 1. The molecule has 0 aliphatic carbocycles. The molecule has 0 saturated carbocycles. The van der Waals surface area contributed by atoms with Crippen molar-refractivity contribution in [2.45, 2.75) is 32.0 Å². The largest absolute Gasteiger partial charge is 0.392 e. The summed E-state index contributed by atoms with van der Waals surface area (Å²) in [6.07, 6.45) is -6.05. The van der Waals surface area contributed by atoms with Gasteiger partial charge in [0, 0.05) is 6.42 Å². The lowest BCUT2D eigenvalue weighted by Crippen LogP contribution is -2.41. The van der Waals surface area contributed by atoms with E-state index in [9.17, 15) is 18.0 Å². The molecule has 1 unspecified atom stereocenters. The van der Waals surface area contributed by atoms with Gasteiger partial charge in [-0.25, -0.2) is 0 Å². The normalized spacial score (nSPS) is 13.4. The Morgan fingerprint density at radius 3 is 2.43 bits per heavy atom. The maximum absolute atomic E-state index is 11.7. The number of nitrogens with one attached hydrogen (secondary N) is 1. The number of carbonyl (C=O) groups is 1. The summed E-state index contributed by atoms with van der Waals surface area (Å²) in [5.41, 5.74) is 5.16. The summed E-state index contributed by atoms with van der Waals surface area (Å²) >= 11 is 4.54. The Morgan fingerprint density at radius 1 is 1.57 bits per heavy atom. The van der Waals surface area contributed by atoms with Crippen molar-refractivity contribution in [3.8, 4) is 0 Å². The van der Waals surface area contributed by atoms with E-state index < -0.39 is 31.0 Å². The van der Waals surface area contributed by atoms with Crippen molar-refractivity contribution in [2.75, 3.05) is 0 Å². The molecule has 82 valence electrons. The SMILES string of the molecule is CC(NC(=O)CCC(F)(F)F)C(N)=S. The third-order valence-electron chi connectivity index (χ3n) is 1.44. The van der Waals surface area contributed by atoms with Crippen molar-refractivity contribution in [1.82, 2.24) is 5.32 Å². The minimum atomic E-state index is -4.32. The molecule has 3 N–H and O–H groups in total. The van der Waals surface area contributed by atoms with Crippen LogP contribution in [0.5, 0.6) is 0 Å². The Bertz CT molecular complexity index is 229. The zero-order valence-electron chi connectivity index (χ0n) is 7.52. The topological polar surface area (TPSA) is 55.1 Å². The van der Waals surface area contributed by atoms with E-state index in [1.54, 1.807) is 0 Å². The lowest BCUT2D eigenvalue weighted by molar-refractivity contribution is -0.144. The standard InChI is InChI=1S/C7H11F3N2OS/c1-4(6(11)14)12-5(13)2-3-7(8,9)10/h4H,2-3H2,1H3,(H2,11,14)(H,12,13). The molecule has 0 fully saturated rings. The van der Waals surface area contributed by atoms with Crippen LogP contribution in [0.2, 0.25) is 0 Å². The van der Waals surface area contributed by atoms with Gasteiger partial charge in [-0.1, -0.05) is 12.2 Å². The molecular weight excluding hydrogens is 217 g/mol. The average molecular weight is 228 g/mol. The Hall–Kier alpha value is -0.850. The summed E-state index contributed by atoms with van der Waals surface area (Å²) in [6, 6.07) is -0.578. The molecule has 0 saturated heterocycles. The molecule has 7 heteroatoms. The van der Waals surface area contributed by atoms with Gasteiger partial charge in [0.25, 0.3) is 0 Å². The van der Waals surface area contributed by atoms with Crippen molar-refractivity contribution in [1.29, 1.82) is 0 Å². The molecule has 0 spiro atoms.